The third-order valence-electron chi connectivity index (χ3n) is 5.43. The van der Waals surface area contributed by atoms with Gasteiger partial charge in [0.05, 0.1) is 4.90 Å². The minimum absolute atomic E-state index is 0.0773. The number of aryl methyl sites for hydroxylation is 2. The molecule has 0 unspecified atom stereocenters. The largest absolute Gasteiger partial charge is 0.369 e. The number of nitrogens with one attached hydrogen (secondary N) is 1. The number of nitrogens with two attached hydrogens (primary N) is 1. The fraction of sp³-hybridized carbons (Fsp3) is 0.381. The van der Waals surface area contributed by atoms with Crippen molar-refractivity contribution in [1.82, 2.24) is 4.90 Å². The predicted molar refractivity (Wildman–Crippen MR) is 116 cm³/mol. The average molecular weight is 417 g/mol. The van der Waals surface area contributed by atoms with Gasteiger partial charge in [-0.15, -0.1) is 0 Å². The van der Waals surface area contributed by atoms with Crippen molar-refractivity contribution < 1.29 is 13.2 Å². The minimum atomic E-state index is -3.87. The van der Waals surface area contributed by atoms with Crippen LogP contribution in [0.2, 0.25) is 0 Å². The average Bonchev–Trinajstić information content (AvgIpc) is 2.69. The van der Waals surface area contributed by atoms with E-state index < -0.39 is 10.0 Å². The molecule has 1 aliphatic rings. The highest BCUT2D eigenvalue weighted by Gasteiger charge is 2.18. The molecule has 0 aliphatic carbocycles. The maximum absolute atomic E-state index is 12.8. The summed E-state index contributed by atoms with van der Waals surface area (Å²) in [6, 6.07) is 10.3. The van der Waals surface area contributed by atoms with Gasteiger partial charge >= 0.3 is 0 Å². The zero-order chi connectivity index (χ0) is 21.2. The zero-order valence-corrected chi connectivity index (χ0v) is 17.9. The molecule has 1 fully saturated rings. The Hall–Kier alpha value is -2.42. The number of piperazine rings is 1. The highest BCUT2D eigenvalue weighted by Crippen LogP contribution is 2.25. The molecule has 2 aromatic carbocycles. The van der Waals surface area contributed by atoms with E-state index in [9.17, 15) is 13.2 Å². The second-order valence-electron chi connectivity index (χ2n) is 7.40. The predicted octanol–water partition coefficient (Wildman–Crippen LogP) is 2.35. The zero-order valence-electron chi connectivity index (χ0n) is 17.1. The molecule has 29 heavy (non-hydrogen) atoms. The van der Waals surface area contributed by atoms with E-state index in [-0.39, 0.29) is 16.4 Å². The van der Waals surface area contributed by atoms with Crippen molar-refractivity contribution in [3.8, 4) is 0 Å². The number of likely N-dealkylation sites (N-methyl/N-ethyl adjacent to an activating group) is 1. The van der Waals surface area contributed by atoms with E-state index in [2.05, 4.69) is 28.1 Å². The number of anilines is 2. The van der Waals surface area contributed by atoms with Crippen LogP contribution in [0.1, 0.15) is 28.4 Å². The van der Waals surface area contributed by atoms with E-state index in [0.717, 1.165) is 44.0 Å². The standard InChI is InChI=1S/C21H28N4O3S/c1-4-24-9-11-25(12-10-24)17-6-8-20(16(3)13-17)23-21(26)19-14-18(29(22,27)28)7-5-15(19)2/h5-8,13-14H,4,9-12H2,1-3H3,(H,23,26)(H2,22,27,28). The second-order valence-corrected chi connectivity index (χ2v) is 8.96. The Labute approximate surface area is 172 Å². The monoisotopic (exact) mass is 416 g/mol. The minimum Gasteiger partial charge on any atom is -0.369 e. The number of primary sulfonamides is 1. The molecular formula is C21H28N4O3S. The molecule has 0 radical (unpaired) electrons. The van der Waals surface area contributed by atoms with Crippen LogP contribution in [-0.2, 0) is 10.0 Å². The summed E-state index contributed by atoms with van der Waals surface area (Å²) in [4.78, 5) is 17.5. The number of amides is 1. The van der Waals surface area contributed by atoms with E-state index in [0.29, 0.717) is 11.3 Å². The number of hydrogen-bond acceptors (Lipinski definition) is 5. The Morgan fingerprint density at radius 1 is 1.03 bits per heavy atom. The van der Waals surface area contributed by atoms with E-state index in [1.54, 1.807) is 13.0 Å². The lowest BCUT2D eigenvalue weighted by Crippen LogP contribution is -2.46. The SMILES string of the molecule is CCN1CCN(c2ccc(NC(=O)c3cc(S(N)(=O)=O)ccc3C)c(C)c2)CC1. The highest BCUT2D eigenvalue weighted by atomic mass is 32.2. The number of nitrogens with zero attached hydrogens (tertiary/aromatic N) is 2. The molecule has 7 nitrogen and oxygen atoms in total. The summed E-state index contributed by atoms with van der Waals surface area (Å²) >= 11 is 0. The molecule has 0 aromatic heterocycles. The van der Waals surface area contributed by atoms with Gasteiger partial charge in [-0.25, -0.2) is 13.6 Å². The molecule has 2 aromatic rings. The Morgan fingerprint density at radius 3 is 2.31 bits per heavy atom. The topological polar surface area (TPSA) is 95.7 Å². The molecule has 0 spiro atoms. The van der Waals surface area contributed by atoms with Crippen molar-refractivity contribution in [3.05, 3.63) is 53.1 Å². The summed E-state index contributed by atoms with van der Waals surface area (Å²) in [5.41, 5.74) is 3.76. The second kappa shape index (κ2) is 8.52. The van der Waals surface area contributed by atoms with Crippen LogP contribution >= 0.6 is 0 Å². The Kier molecular flexibility index (Phi) is 6.26. The molecule has 8 heteroatoms. The maximum Gasteiger partial charge on any atom is 0.255 e. The van der Waals surface area contributed by atoms with Gasteiger partial charge in [-0.2, -0.15) is 0 Å². The van der Waals surface area contributed by atoms with Crippen molar-refractivity contribution in [3.63, 3.8) is 0 Å². The first-order chi connectivity index (χ1) is 13.7. The molecule has 1 heterocycles. The van der Waals surface area contributed by atoms with Gasteiger partial charge in [0, 0.05) is 43.1 Å². The van der Waals surface area contributed by atoms with Gasteiger partial charge in [0.1, 0.15) is 0 Å². The third kappa shape index (κ3) is 4.95. The molecule has 1 amide bonds. The summed E-state index contributed by atoms with van der Waals surface area (Å²) in [6.07, 6.45) is 0. The molecule has 0 bridgehead atoms. The maximum atomic E-state index is 12.8. The first-order valence-corrected chi connectivity index (χ1v) is 11.3. The van der Waals surface area contributed by atoms with Crippen LogP contribution in [0.3, 0.4) is 0 Å². The first-order valence-electron chi connectivity index (χ1n) is 9.72. The number of hydrogen-bond donors (Lipinski definition) is 2. The van der Waals surface area contributed by atoms with Gasteiger partial charge in [0.15, 0.2) is 0 Å². The molecule has 156 valence electrons. The van der Waals surface area contributed by atoms with Crippen molar-refractivity contribution in [2.24, 2.45) is 5.14 Å². The van der Waals surface area contributed by atoms with Crippen LogP contribution in [0.25, 0.3) is 0 Å². The van der Waals surface area contributed by atoms with Crippen molar-refractivity contribution in [2.45, 2.75) is 25.7 Å². The molecule has 0 atom stereocenters. The molecule has 1 saturated heterocycles. The van der Waals surface area contributed by atoms with Crippen LogP contribution in [0.5, 0.6) is 0 Å². The Morgan fingerprint density at radius 2 is 1.72 bits per heavy atom. The lowest BCUT2D eigenvalue weighted by atomic mass is 10.1. The van der Waals surface area contributed by atoms with Crippen LogP contribution in [0, 0.1) is 13.8 Å². The fourth-order valence-electron chi connectivity index (χ4n) is 3.52. The normalized spacial score (nSPS) is 15.4. The van der Waals surface area contributed by atoms with Gasteiger partial charge in [-0.1, -0.05) is 13.0 Å². The summed E-state index contributed by atoms with van der Waals surface area (Å²) < 4.78 is 23.2. The Balaban J connectivity index is 1.76. The van der Waals surface area contributed by atoms with E-state index >= 15 is 0 Å². The van der Waals surface area contributed by atoms with Crippen LogP contribution in [-0.4, -0.2) is 51.9 Å². The van der Waals surface area contributed by atoms with Gasteiger partial charge in [0.25, 0.3) is 5.91 Å². The van der Waals surface area contributed by atoms with E-state index in [4.69, 9.17) is 5.14 Å². The highest BCUT2D eigenvalue weighted by molar-refractivity contribution is 7.89. The lowest BCUT2D eigenvalue weighted by Gasteiger charge is -2.35. The van der Waals surface area contributed by atoms with Gasteiger partial charge in [-0.3, -0.25) is 4.79 Å². The summed E-state index contributed by atoms with van der Waals surface area (Å²) in [6.45, 7) is 11.0. The van der Waals surface area contributed by atoms with Gasteiger partial charge in [0.2, 0.25) is 10.0 Å². The van der Waals surface area contributed by atoms with Crippen molar-refractivity contribution >= 4 is 27.3 Å². The smallest absolute Gasteiger partial charge is 0.255 e. The lowest BCUT2D eigenvalue weighted by molar-refractivity contribution is 0.102. The Bertz CT molecular complexity index is 1010. The summed E-state index contributed by atoms with van der Waals surface area (Å²) in [5, 5.41) is 8.08. The number of sulfonamides is 1. The van der Waals surface area contributed by atoms with Crippen LogP contribution < -0.4 is 15.4 Å². The van der Waals surface area contributed by atoms with Crippen LogP contribution in [0.15, 0.2) is 41.3 Å². The van der Waals surface area contributed by atoms with Gasteiger partial charge < -0.3 is 15.1 Å². The number of benzene rings is 2. The van der Waals surface area contributed by atoms with Crippen molar-refractivity contribution in [2.75, 3.05) is 42.9 Å². The number of carbonyl (C=O) groups excluding carboxylic acids is 1. The molecule has 0 saturated carbocycles. The van der Waals surface area contributed by atoms with E-state index in [1.807, 2.05) is 19.1 Å². The van der Waals surface area contributed by atoms with E-state index in [1.165, 1.54) is 12.1 Å². The van der Waals surface area contributed by atoms with Gasteiger partial charge in [-0.05, 0) is 61.9 Å². The number of rotatable bonds is 5. The summed E-state index contributed by atoms with van der Waals surface area (Å²) in [7, 11) is -3.87. The summed E-state index contributed by atoms with van der Waals surface area (Å²) in [5.74, 6) is -0.361. The third-order valence-corrected chi connectivity index (χ3v) is 6.34. The number of carbonyl (C=O) groups is 1. The fourth-order valence-corrected chi connectivity index (χ4v) is 4.06. The molecule has 3 N–H and O–H groups in total. The first kappa shape index (κ1) is 21.3. The van der Waals surface area contributed by atoms with Crippen molar-refractivity contribution in [1.29, 1.82) is 0 Å². The molecule has 1 aliphatic heterocycles. The molecule has 3 rings (SSSR count). The molecular weight excluding hydrogens is 388 g/mol. The quantitative estimate of drug-likeness (QED) is 0.780. The van der Waals surface area contributed by atoms with Crippen LogP contribution in [0.4, 0.5) is 11.4 Å².